The van der Waals surface area contributed by atoms with Gasteiger partial charge in [-0.2, -0.15) is 0 Å². The average Bonchev–Trinajstić information content (AvgIpc) is 2.20. The van der Waals surface area contributed by atoms with Gasteiger partial charge in [0.1, 0.15) is 0 Å². The van der Waals surface area contributed by atoms with E-state index in [2.05, 4.69) is 41.9 Å². The topological polar surface area (TPSA) is 3.24 Å². The number of hydrogen-bond acceptors (Lipinski definition) is 2. The van der Waals surface area contributed by atoms with Crippen LogP contribution in [0.5, 0.6) is 0 Å². The molecule has 2 heteroatoms. The molecule has 1 aliphatic rings. The number of allylic oxidation sites excluding steroid dienone is 2. The average molecular weight is 189 g/mol. The smallest absolute Gasteiger partial charge is 0.0544 e. The highest BCUT2D eigenvalue weighted by atomic mass is 32.1. The summed E-state index contributed by atoms with van der Waals surface area (Å²) in [5.41, 5.74) is 1.16. The third kappa shape index (κ3) is 1.78. The van der Waals surface area contributed by atoms with Crippen LogP contribution in [0.15, 0.2) is 53.6 Å². The van der Waals surface area contributed by atoms with Crippen molar-refractivity contribution in [1.82, 2.24) is 0 Å². The summed E-state index contributed by atoms with van der Waals surface area (Å²) < 4.78 is 0. The lowest BCUT2D eigenvalue weighted by molar-refractivity contribution is 1.05. The Bertz CT molecular complexity index is 355. The maximum Gasteiger partial charge on any atom is 0.0544 e. The van der Waals surface area contributed by atoms with Crippen molar-refractivity contribution in [3.63, 3.8) is 0 Å². The van der Waals surface area contributed by atoms with E-state index >= 15 is 0 Å². The van der Waals surface area contributed by atoms with Gasteiger partial charge in [0.25, 0.3) is 0 Å². The number of rotatable bonds is 1. The normalized spacial score (nSPS) is 15.0. The number of benzene rings is 1. The van der Waals surface area contributed by atoms with Crippen molar-refractivity contribution in [3.05, 3.63) is 48.7 Å². The predicted octanol–water partition coefficient (Wildman–Crippen LogP) is 2.87. The zero-order chi connectivity index (χ0) is 9.10. The first kappa shape index (κ1) is 8.45. The van der Waals surface area contributed by atoms with Gasteiger partial charge in [-0.1, -0.05) is 24.3 Å². The molecule has 0 fully saturated rings. The Kier molecular flexibility index (Phi) is 2.41. The molecule has 13 heavy (non-hydrogen) atoms. The first-order chi connectivity index (χ1) is 6.38. The molecule has 0 aromatic heterocycles. The first-order valence-corrected chi connectivity index (χ1v) is 4.70. The summed E-state index contributed by atoms with van der Waals surface area (Å²) in [4.78, 5) is 3.19. The molecule has 1 aliphatic heterocycles. The van der Waals surface area contributed by atoms with Crippen molar-refractivity contribution in [2.45, 2.75) is 4.90 Å². The minimum Gasteiger partial charge on any atom is -0.343 e. The fraction of sp³-hybridized carbons (Fsp3) is 0.0909. The van der Waals surface area contributed by atoms with E-state index in [4.69, 9.17) is 0 Å². The Morgan fingerprint density at radius 2 is 2.00 bits per heavy atom. The van der Waals surface area contributed by atoms with E-state index in [9.17, 15) is 0 Å². The van der Waals surface area contributed by atoms with Crippen molar-refractivity contribution >= 4 is 18.3 Å². The highest BCUT2D eigenvalue weighted by Gasteiger charge is 2.05. The summed E-state index contributed by atoms with van der Waals surface area (Å²) >= 11 is 4.41. The van der Waals surface area contributed by atoms with E-state index in [0.717, 1.165) is 17.1 Å². The maximum atomic E-state index is 4.41. The van der Waals surface area contributed by atoms with Crippen LogP contribution >= 0.6 is 12.6 Å². The summed E-state index contributed by atoms with van der Waals surface area (Å²) in [6, 6.07) is 8.10. The Morgan fingerprint density at radius 3 is 2.69 bits per heavy atom. The molecule has 2 rings (SSSR count). The molecule has 0 unspecified atom stereocenters. The Labute approximate surface area is 83.8 Å². The van der Waals surface area contributed by atoms with Gasteiger partial charge in [0.15, 0.2) is 0 Å². The van der Waals surface area contributed by atoms with Gasteiger partial charge in [0.2, 0.25) is 0 Å². The fourth-order valence-electron chi connectivity index (χ4n) is 1.35. The highest BCUT2D eigenvalue weighted by molar-refractivity contribution is 7.80. The molecule has 1 nitrogen and oxygen atoms in total. The number of thiol groups is 1. The minimum atomic E-state index is 0.925. The molecule has 0 saturated carbocycles. The molecule has 0 bridgehead atoms. The third-order valence-corrected chi connectivity index (χ3v) is 2.38. The quantitative estimate of drug-likeness (QED) is 0.665. The Hall–Kier alpha value is -1.15. The molecule has 1 aromatic rings. The molecule has 0 atom stereocenters. The van der Waals surface area contributed by atoms with Crippen molar-refractivity contribution in [2.24, 2.45) is 0 Å². The molecule has 0 amide bonds. The minimum absolute atomic E-state index is 0.925. The van der Waals surface area contributed by atoms with Gasteiger partial charge >= 0.3 is 0 Å². The van der Waals surface area contributed by atoms with Gasteiger partial charge in [-0.15, -0.1) is 12.6 Å². The van der Waals surface area contributed by atoms with Crippen LogP contribution in [0.1, 0.15) is 0 Å². The second-order valence-corrected chi connectivity index (χ2v) is 3.39. The van der Waals surface area contributed by atoms with Gasteiger partial charge in [0.05, 0.1) is 5.69 Å². The molecular weight excluding hydrogens is 178 g/mol. The first-order valence-electron chi connectivity index (χ1n) is 4.26. The number of anilines is 1. The fourth-order valence-corrected chi connectivity index (χ4v) is 1.64. The molecule has 0 spiro atoms. The zero-order valence-corrected chi connectivity index (χ0v) is 8.11. The zero-order valence-electron chi connectivity index (χ0n) is 7.22. The summed E-state index contributed by atoms with van der Waals surface area (Å²) in [5.74, 6) is 0. The largest absolute Gasteiger partial charge is 0.343 e. The van der Waals surface area contributed by atoms with E-state index in [-0.39, 0.29) is 0 Å². The van der Waals surface area contributed by atoms with Crippen LogP contribution in [0.3, 0.4) is 0 Å². The molecule has 0 N–H and O–H groups in total. The van der Waals surface area contributed by atoms with E-state index in [1.807, 2.05) is 24.3 Å². The molecule has 0 aliphatic carbocycles. The van der Waals surface area contributed by atoms with Crippen molar-refractivity contribution < 1.29 is 0 Å². The van der Waals surface area contributed by atoms with E-state index in [1.54, 1.807) is 0 Å². The van der Waals surface area contributed by atoms with Gasteiger partial charge in [-0.05, 0) is 18.2 Å². The van der Waals surface area contributed by atoms with Crippen LogP contribution in [0.4, 0.5) is 5.69 Å². The van der Waals surface area contributed by atoms with Gasteiger partial charge in [-0.3, -0.25) is 0 Å². The lowest BCUT2D eigenvalue weighted by Crippen LogP contribution is -2.17. The van der Waals surface area contributed by atoms with Crippen molar-refractivity contribution in [1.29, 1.82) is 0 Å². The lowest BCUT2D eigenvalue weighted by atomic mass is 10.2. The maximum absolute atomic E-state index is 4.41. The highest BCUT2D eigenvalue weighted by Crippen LogP contribution is 2.24. The molecule has 1 heterocycles. The summed E-state index contributed by atoms with van der Waals surface area (Å²) in [6.45, 7) is 0.925. The molecular formula is C11H11NS. The van der Waals surface area contributed by atoms with Crippen LogP contribution in [0.2, 0.25) is 0 Å². The van der Waals surface area contributed by atoms with Gasteiger partial charge in [0, 0.05) is 17.6 Å². The Balaban J connectivity index is 2.30. The number of hydrogen-bond donors (Lipinski definition) is 1. The summed E-state index contributed by atoms with van der Waals surface area (Å²) in [6.07, 6.45) is 8.27. The van der Waals surface area contributed by atoms with Crippen LogP contribution in [-0.4, -0.2) is 6.54 Å². The summed E-state index contributed by atoms with van der Waals surface area (Å²) in [5, 5.41) is 0. The number of para-hydroxylation sites is 1. The van der Waals surface area contributed by atoms with E-state index in [0.29, 0.717) is 0 Å². The Morgan fingerprint density at radius 1 is 1.15 bits per heavy atom. The molecule has 0 saturated heterocycles. The van der Waals surface area contributed by atoms with Crippen molar-refractivity contribution in [3.8, 4) is 0 Å². The third-order valence-electron chi connectivity index (χ3n) is 2.01. The molecule has 1 aromatic carbocycles. The number of nitrogens with zero attached hydrogens (tertiary/aromatic N) is 1. The van der Waals surface area contributed by atoms with Crippen LogP contribution in [0, 0.1) is 0 Å². The van der Waals surface area contributed by atoms with Crippen LogP contribution in [-0.2, 0) is 0 Å². The van der Waals surface area contributed by atoms with Crippen molar-refractivity contribution in [2.75, 3.05) is 11.4 Å². The standard InChI is InChI=1S/C11H11NS/c13-11-7-3-2-6-10(11)12-8-4-1-5-9-12/h1-8,13H,9H2. The second kappa shape index (κ2) is 3.71. The predicted molar refractivity (Wildman–Crippen MR) is 59.3 cm³/mol. The monoisotopic (exact) mass is 189 g/mol. The van der Waals surface area contributed by atoms with Crippen LogP contribution in [0.25, 0.3) is 0 Å². The molecule has 0 radical (unpaired) electrons. The second-order valence-electron chi connectivity index (χ2n) is 2.91. The van der Waals surface area contributed by atoms with E-state index in [1.165, 1.54) is 0 Å². The SMILES string of the molecule is Sc1ccccc1N1C=CC=CC1. The lowest BCUT2D eigenvalue weighted by Gasteiger charge is -2.21. The summed E-state index contributed by atoms with van der Waals surface area (Å²) in [7, 11) is 0. The van der Waals surface area contributed by atoms with Gasteiger partial charge in [-0.25, -0.2) is 0 Å². The molecule has 66 valence electrons. The van der Waals surface area contributed by atoms with E-state index < -0.39 is 0 Å². The van der Waals surface area contributed by atoms with Crippen LogP contribution < -0.4 is 4.90 Å². The van der Waals surface area contributed by atoms with Gasteiger partial charge < -0.3 is 4.90 Å².